The number of aryl methyl sites for hydroxylation is 1. The molecule has 5 nitrogen and oxygen atoms in total. The zero-order valence-corrected chi connectivity index (χ0v) is 13.2. The van der Waals surface area contributed by atoms with Gasteiger partial charge >= 0.3 is 0 Å². The summed E-state index contributed by atoms with van der Waals surface area (Å²) in [6, 6.07) is 7.92. The Balaban J connectivity index is 1.93. The molecule has 1 saturated carbocycles. The monoisotopic (exact) mass is 303 g/mol. The Morgan fingerprint density at radius 2 is 2.14 bits per heavy atom. The SMILES string of the molecule is Cc1cccc(N(CCC(N)=O)CC(=O)NCC2CCC2)c1. The molecule has 0 aliphatic heterocycles. The number of carbonyl (C=O) groups is 2. The van der Waals surface area contributed by atoms with E-state index in [0.29, 0.717) is 12.5 Å². The summed E-state index contributed by atoms with van der Waals surface area (Å²) in [5, 5.41) is 2.99. The number of hydrogen-bond acceptors (Lipinski definition) is 3. The van der Waals surface area contributed by atoms with Crippen LogP contribution in [0.4, 0.5) is 5.69 Å². The van der Waals surface area contributed by atoms with Crippen molar-refractivity contribution in [2.24, 2.45) is 11.7 Å². The molecule has 0 radical (unpaired) electrons. The molecule has 22 heavy (non-hydrogen) atoms. The van der Waals surface area contributed by atoms with E-state index >= 15 is 0 Å². The van der Waals surface area contributed by atoms with Gasteiger partial charge in [-0.05, 0) is 43.4 Å². The number of primary amides is 1. The van der Waals surface area contributed by atoms with Crippen molar-refractivity contribution < 1.29 is 9.59 Å². The van der Waals surface area contributed by atoms with Crippen LogP contribution in [0.5, 0.6) is 0 Å². The molecule has 0 bridgehead atoms. The van der Waals surface area contributed by atoms with Gasteiger partial charge < -0.3 is 16.0 Å². The Hall–Kier alpha value is -2.04. The van der Waals surface area contributed by atoms with Gasteiger partial charge in [0.2, 0.25) is 11.8 Å². The fourth-order valence-corrected chi connectivity index (χ4v) is 2.55. The molecule has 2 rings (SSSR count). The molecule has 120 valence electrons. The van der Waals surface area contributed by atoms with Crippen LogP contribution in [0.3, 0.4) is 0 Å². The quantitative estimate of drug-likeness (QED) is 0.766. The molecule has 1 aliphatic rings. The molecule has 1 fully saturated rings. The highest BCUT2D eigenvalue weighted by atomic mass is 16.2. The van der Waals surface area contributed by atoms with E-state index in [9.17, 15) is 9.59 Å². The third-order valence-electron chi connectivity index (χ3n) is 4.14. The van der Waals surface area contributed by atoms with Crippen molar-refractivity contribution in [3.8, 4) is 0 Å². The first-order valence-electron chi connectivity index (χ1n) is 7.91. The van der Waals surface area contributed by atoms with E-state index in [0.717, 1.165) is 17.8 Å². The maximum atomic E-state index is 12.1. The summed E-state index contributed by atoms with van der Waals surface area (Å²) in [6.45, 7) is 3.47. The average molecular weight is 303 g/mol. The molecule has 1 aromatic carbocycles. The second-order valence-electron chi connectivity index (χ2n) is 6.08. The summed E-state index contributed by atoms with van der Waals surface area (Å²) >= 11 is 0. The van der Waals surface area contributed by atoms with Crippen molar-refractivity contribution in [3.05, 3.63) is 29.8 Å². The lowest BCUT2D eigenvalue weighted by Crippen LogP contribution is -2.41. The normalized spacial score (nSPS) is 14.2. The molecule has 0 unspecified atom stereocenters. The summed E-state index contributed by atoms with van der Waals surface area (Å²) < 4.78 is 0. The fraction of sp³-hybridized carbons (Fsp3) is 0.529. The standard InChI is InChI=1S/C17H25N3O2/c1-13-4-2-7-15(10-13)20(9-8-16(18)21)12-17(22)19-11-14-5-3-6-14/h2,4,7,10,14H,3,5-6,8-9,11-12H2,1H3,(H2,18,21)(H,19,22). The van der Waals surface area contributed by atoms with Gasteiger partial charge in [0.25, 0.3) is 0 Å². The van der Waals surface area contributed by atoms with E-state index in [2.05, 4.69) is 5.32 Å². The highest BCUT2D eigenvalue weighted by Gasteiger charge is 2.19. The molecule has 3 N–H and O–H groups in total. The highest BCUT2D eigenvalue weighted by Crippen LogP contribution is 2.25. The lowest BCUT2D eigenvalue weighted by atomic mass is 9.85. The van der Waals surface area contributed by atoms with Crippen LogP contribution in [0, 0.1) is 12.8 Å². The topological polar surface area (TPSA) is 75.4 Å². The van der Waals surface area contributed by atoms with Crippen LogP contribution in [0.15, 0.2) is 24.3 Å². The summed E-state index contributed by atoms with van der Waals surface area (Å²) in [5.74, 6) is 0.285. The molecule has 0 spiro atoms. The lowest BCUT2D eigenvalue weighted by molar-refractivity contribution is -0.120. The molecule has 2 amide bonds. The van der Waals surface area contributed by atoms with Crippen molar-refractivity contribution in [2.75, 3.05) is 24.5 Å². The minimum Gasteiger partial charge on any atom is -0.370 e. The van der Waals surface area contributed by atoms with Gasteiger partial charge in [0.15, 0.2) is 0 Å². The van der Waals surface area contributed by atoms with E-state index in [1.807, 2.05) is 36.1 Å². The third-order valence-corrected chi connectivity index (χ3v) is 4.14. The minimum atomic E-state index is -0.354. The zero-order valence-electron chi connectivity index (χ0n) is 13.2. The summed E-state index contributed by atoms with van der Waals surface area (Å²) in [5.41, 5.74) is 7.30. The summed E-state index contributed by atoms with van der Waals surface area (Å²) in [7, 11) is 0. The molecule has 5 heteroatoms. The number of nitrogens with two attached hydrogens (primary N) is 1. The fourth-order valence-electron chi connectivity index (χ4n) is 2.55. The minimum absolute atomic E-state index is 0.00197. The van der Waals surface area contributed by atoms with Crippen LogP contribution in [-0.4, -0.2) is 31.4 Å². The molecular formula is C17H25N3O2. The largest absolute Gasteiger partial charge is 0.370 e. The number of hydrogen-bond donors (Lipinski definition) is 2. The van der Waals surface area contributed by atoms with E-state index in [4.69, 9.17) is 5.73 Å². The van der Waals surface area contributed by atoms with Crippen molar-refractivity contribution >= 4 is 17.5 Å². The van der Waals surface area contributed by atoms with Crippen LogP contribution >= 0.6 is 0 Å². The maximum absolute atomic E-state index is 12.1. The average Bonchev–Trinajstić information content (AvgIpc) is 2.41. The summed E-state index contributed by atoms with van der Waals surface area (Å²) in [4.78, 5) is 25.1. The summed E-state index contributed by atoms with van der Waals surface area (Å²) in [6.07, 6.45) is 3.94. The maximum Gasteiger partial charge on any atom is 0.239 e. The van der Waals surface area contributed by atoms with Gasteiger partial charge in [-0.25, -0.2) is 0 Å². The van der Waals surface area contributed by atoms with E-state index in [1.165, 1.54) is 19.3 Å². The second kappa shape index (κ2) is 7.82. The zero-order chi connectivity index (χ0) is 15.9. The predicted octanol–water partition coefficient (Wildman–Crippen LogP) is 1.59. The Bertz CT molecular complexity index is 526. The number of carbonyl (C=O) groups excluding carboxylic acids is 2. The van der Waals surface area contributed by atoms with Crippen LogP contribution in [0.25, 0.3) is 0 Å². The van der Waals surface area contributed by atoms with E-state index < -0.39 is 0 Å². The molecule has 0 heterocycles. The number of rotatable bonds is 8. The first-order valence-corrected chi connectivity index (χ1v) is 7.91. The van der Waals surface area contributed by atoms with Crippen molar-refractivity contribution in [2.45, 2.75) is 32.6 Å². The first kappa shape index (κ1) is 16.3. The molecule has 1 aliphatic carbocycles. The Morgan fingerprint density at radius 1 is 1.36 bits per heavy atom. The van der Waals surface area contributed by atoms with Gasteiger partial charge in [0.05, 0.1) is 6.54 Å². The van der Waals surface area contributed by atoms with Crippen LogP contribution < -0.4 is 16.0 Å². The first-order chi connectivity index (χ1) is 10.5. The van der Waals surface area contributed by atoms with E-state index in [-0.39, 0.29) is 24.8 Å². The predicted molar refractivity (Wildman–Crippen MR) is 87.6 cm³/mol. The number of nitrogens with zero attached hydrogens (tertiary/aromatic N) is 1. The lowest BCUT2D eigenvalue weighted by Gasteiger charge is -2.27. The molecule has 0 atom stereocenters. The third kappa shape index (κ3) is 5.06. The van der Waals surface area contributed by atoms with Gasteiger partial charge in [-0.15, -0.1) is 0 Å². The van der Waals surface area contributed by atoms with Gasteiger partial charge in [-0.3, -0.25) is 9.59 Å². The molecule has 0 aromatic heterocycles. The number of nitrogens with one attached hydrogen (secondary N) is 1. The Kier molecular flexibility index (Phi) is 5.81. The smallest absolute Gasteiger partial charge is 0.239 e. The molecular weight excluding hydrogens is 278 g/mol. The highest BCUT2D eigenvalue weighted by molar-refractivity contribution is 5.82. The van der Waals surface area contributed by atoms with Gasteiger partial charge in [-0.2, -0.15) is 0 Å². The van der Waals surface area contributed by atoms with E-state index in [1.54, 1.807) is 0 Å². The van der Waals surface area contributed by atoms with Gasteiger partial charge in [0.1, 0.15) is 0 Å². The van der Waals surface area contributed by atoms with Gasteiger partial charge in [-0.1, -0.05) is 18.6 Å². The van der Waals surface area contributed by atoms with Crippen LogP contribution in [0.1, 0.15) is 31.2 Å². The van der Waals surface area contributed by atoms with Crippen molar-refractivity contribution in [3.63, 3.8) is 0 Å². The van der Waals surface area contributed by atoms with Crippen LogP contribution in [-0.2, 0) is 9.59 Å². The molecule has 1 aromatic rings. The number of amides is 2. The molecule has 0 saturated heterocycles. The number of anilines is 1. The second-order valence-corrected chi connectivity index (χ2v) is 6.08. The van der Waals surface area contributed by atoms with Crippen molar-refractivity contribution in [1.82, 2.24) is 5.32 Å². The van der Waals surface area contributed by atoms with Gasteiger partial charge in [0, 0.05) is 25.2 Å². The Morgan fingerprint density at radius 3 is 2.73 bits per heavy atom. The van der Waals surface area contributed by atoms with Crippen molar-refractivity contribution in [1.29, 1.82) is 0 Å². The number of benzene rings is 1. The Labute approximate surface area is 131 Å². The van der Waals surface area contributed by atoms with Crippen LogP contribution in [0.2, 0.25) is 0 Å².